The van der Waals surface area contributed by atoms with E-state index in [0.717, 1.165) is 0 Å². The number of hydrogen-bond acceptors (Lipinski definition) is 5. The molecule has 6 nitrogen and oxygen atoms in total. The molecule has 0 saturated heterocycles. The third kappa shape index (κ3) is 3.42. The van der Waals surface area contributed by atoms with E-state index in [1.54, 1.807) is 0 Å². The number of benzene rings is 1. The van der Waals surface area contributed by atoms with Crippen LogP contribution in [0.4, 0.5) is 8.78 Å². The Morgan fingerprint density at radius 2 is 2.00 bits per heavy atom. The number of alkyl halides is 2. The van der Waals surface area contributed by atoms with Gasteiger partial charge >= 0.3 is 0 Å². The first-order valence-corrected chi connectivity index (χ1v) is 6.84. The summed E-state index contributed by atoms with van der Waals surface area (Å²) in [7, 11) is 0. The van der Waals surface area contributed by atoms with Crippen molar-refractivity contribution in [2.24, 2.45) is 0 Å². The molecule has 3 aromatic rings. The summed E-state index contributed by atoms with van der Waals surface area (Å²) in [6.45, 7) is -0.00550. The first kappa shape index (κ1) is 14.0. The summed E-state index contributed by atoms with van der Waals surface area (Å²) >= 11 is 6.01. The Balaban J connectivity index is 1.81. The molecule has 0 atom stereocenters. The van der Waals surface area contributed by atoms with Gasteiger partial charge in [-0.05, 0) is 18.2 Å². The number of rotatable bonds is 5. The molecule has 0 radical (unpaired) electrons. The molecule has 0 aliphatic carbocycles. The largest absolute Gasteiger partial charge is 0.470 e. The van der Waals surface area contributed by atoms with E-state index in [0.29, 0.717) is 11.4 Å². The van der Waals surface area contributed by atoms with Crippen molar-refractivity contribution >= 4 is 11.6 Å². The fourth-order valence-electron chi connectivity index (χ4n) is 1.84. The first-order valence-electron chi connectivity index (χ1n) is 6.96. The molecule has 0 bridgehead atoms. The van der Waals surface area contributed by atoms with E-state index in [2.05, 4.69) is 20.5 Å². The van der Waals surface area contributed by atoms with Crippen LogP contribution in [-0.4, -0.2) is 25.2 Å². The molecule has 0 amide bonds. The molecule has 0 N–H and O–H groups in total. The van der Waals surface area contributed by atoms with Gasteiger partial charge in [-0.15, -0.1) is 10.2 Å². The standard InChI is InChI=1S/C14H10ClF2N5O/c15-13-11(8-23-12-2-1-7-18-19-12)22(21-20-13)10-5-3-9(4-6-10)14(16)17/h1-7,14H,8H2/i7D. The monoisotopic (exact) mass is 338 g/mol. The minimum atomic E-state index is -2.54. The summed E-state index contributed by atoms with van der Waals surface area (Å²) in [5.41, 5.74) is 0.858. The predicted octanol–water partition coefficient (Wildman–Crippen LogP) is 3.23. The summed E-state index contributed by atoms with van der Waals surface area (Å²) in [6, 6.07) is 8.52. The van der Waals surface area contributed by atoms with Crippen molar-refractivity contribution in [1.29, 1.82) is 0 Å². The highest BCUT2D eigenvalue weighted by Gasteiger charge is 2.15. The zero-order valence-corrected chi connectivity index (χ0v) is 12.3. The van der Waals surface area contributed by atoms with Crippen LogP contribution in [0.5, 0.6) is 5.88 Å². The van der Waals surface area contributed by atoms with Gasteiger partial charge in [-0.25, -0.2) is 13.5 Å². The van der Waals surface area contributed by atoms with Crippen molar-refractivity contribution in [1.82, 2.24) is 25.2 Å². The number of aromatic nitrogens is 5. The maximum Gasteiger partial charge on any atom is 0.263 e. The molecule has 0 aliphatic heterocycles. The maximum absolute atomic E-state index is 12.6. The molecular weight excluding hydrogens is 328 g/mol. The van der Waals surface area contributed by atoms with Gasteiger partial charge in [-0.2, -0.15) is 5.10 Å². The van der Waals surface area contributed by atoms with Gasteiger partial charge in [0.2, 0.25) is 5.88 Å². The van der Waals surface area contributed by atoms with Crippen LogP contribution in [0.3, 0.4) is 0 Å². The van der Waals surface area contributed by atoms with Crippen molar-refractivity contribution in [3.05, 3.63) is 59.0 Å². The van der Waals surface area contributed by atoms with Crippen LogP contribution in [0.25, 0.3) is 5.69 Å². The summed E-state index contributed by atoms with van der Waals surface area (Å²) < 4.78 is 39.3. The molecular formula is C14H10ClF2N5O. The van der Waals surface area contributed by atoms with E-state index in [-0.39, 0.29) is 29.4 Å². The van der Waals surface area contributed by atoms with Crippen molar-refractivity contribution < 1.29 is 14.9 Å². The Morgan fingerprint density at radius 1 is 1.22 bits per heavy atom. The minimum absolute atomic E-state index is 0.00550. The average molecular weight is 339 g/mol. The maximum atomic E-state index is 12.6. The van der Waals surface area contributed by atoms with Gasteiger partial charge in [0.05, 0.1) is 7.06 Å². The third-order valence-corrected chi connectivity index (χ3v) is 3.26. The lowest BCUT2D eigenvalue weighted by molar-refractivity contribution is 0.151. The molecule has 118 valence electrons. The van der Waals surface area contributed by atoms with E-state index < -0.39 is 6.43 Å². The van der Waals surface area contributed by atoms with Crippen molar-refractivity contribution in [2.75, 3.05) is 0 Å². The summed E-state index contributed by atoms with van der Waals surface area (Å²) in [6.07, 6.45) is -2.52. The molecule has 1 aromatic carbocycles. The Labute approximate surface area is 136 Å². The highest BCUT2D eigenvalue weighted by atomic mass is 35.5. The van der Waals surface area contributed by atoms with E-state index in [4.69, 9.17) is 17.7 Å². The van der Waals surface area contributed by atoms with E-state index >= 15 is 0 Å². The quantitative estimate of drug-likeness (QED) is 0.714. The van der Waals surface area contributed by atoms with Crippen LogP contribution < -0.4 is 4.74 Å². The fraction of sp³-hybridized carbons (Fsp3) is 0.143. The van der Waals surface area contributed by atoms with Crippen molar-refractivity contribution in [3.63, 3.8) is 0 Å². The SMILES string of the molecule is [2H]c1ccc(OCc2c(Cl)nnn2-c2ccc(C(F)F)cc2)nn1. The Bertz CT molecular complexity index is 826. The molecule has 9 heteroatoms. The van der Waals surface area contributed by atoms with E-state index in [1.807, 2.05) is 0 Å². The summed E-state index contributed by atoms with van der Waals surface area (Å²) in [5.74, 6) is 0.211. The number of hydrogen-bond donors (Lipinski definition) is 0. The van der Waals surface area contributed by atoms with Crippen LogP contribution in [-0.2, 0) is 6.61 Å². The van der Waals surface area contributed by atoms with Gasteiger partial charge in [0.15, 0.2) is 5.15 Å². The molecule has 0 spiro atoms. The van der Waals surface area contributed by atoms with Gasteiger partial charge in [-0.3, -0.25) is 0 Å². The van der Waals surface area contributed by atoms with Gasteiger partial charge in [0.25, 0.3) is 6.43 Å². The van der Waals surface area contributed by atoms with Crippen LogP contribution in [0.2, 0.25) is 5.15 Å². The van der Waals surface area contributed by atoms with E-state index in [1.165, 1.54) is 41.1 Å². The van der Waals surface area contributed by atoms with Gasteiger partial charge in [0, 0.05) is 17.8 Å². The second kappa shape index (κ2) is 6.66. The zero-order chi connectivity index (χ0) is 17.1. The van der Waals surface area contributed by atoms with Crippen molar-refractivity contribution in [2.45, 2.75) is 13.0 Å². The lowest BCUT2D eigenvalue weighted by atomic mass is 10.2. The Morgan fingerprint density at radius 3 is 2.65 bits per heavy atom. The second-order valence-corrected chi connectivity index (χ2v) is 4.78. The van der Waals surface area contributed by atoms with Crippen molar-refractivity contribution in [3.8, 4) is 11.6 Å². The Hall–Kier alpha value is -2.61. The lowest BCUT2D eigenvalue weighted by Gasteiger charge is -2.08. The van der Waals surface area contributed by atoms with E-state index in [9.17, 15) is 8.78 Å². The summed E-state index contributed by atoms with van der Waals surface area (Å²) in [5, 5.41) is 15.0. The molecule has 0 saturated carbocycles. The number of halogens is 3. The molecule has 0 unspecified atom stereocenters. The zero-order valence-electron chi connectivity index (χ0n) is 12.5. The molecule has 2 aromatic heterocycles. The van der Waals surface area contributed by atoms with Crippen LogP contribution in [0, 0.1) is 0 Å². The normalized spacial score (nSPS) is 11.6. The first-order chi connectivity index (χ1) is 11.5. The van der Waals surface area contributed by atoms with Gasteiger partial charge < -0.3 is 4.74 Å². The minimum Gasteiger partial charge on any atom is -0.470 e. The topological polar surface area (TPSA) is 65.7 Å². The smallest absolute Gasteiger partial charge is 0.263 e. The highest BCUT2D eigenvalue weighted by Crippen LogP contribution is 2.22. The number of nitrogens with zero attached hydrogens (tertiary/aromatic N) is 5. The highest BCUT2D eigenvalue weighted by molar-refractivity contribution is 6.30. The van der Waals surface area contributed by atoms with Crippen LogP contribution in [0.15, 0.2) is 42.6 Å². The fourth-order valence-corrected chi connectivity index (χ4v) is 2.01. The number of ether oxygens (including phenoxy) is 1. The molecule has 0 fully saturated rings. The summed E-state index contributed by atoms with van der Waals surface area (Å²) in [4.78, 5) is 0. The van der Waals surface area contributed by atoms with Crippen LogP contribution >= 0.6 is 11.6 Å². The third-order valence-electron chi connectivity index (χ3n) is 2.97. The van der Waals surface area contributed by atoms with Gasteiger partial charge in [0.1, 0.15) is 12.3 Å². The Kier molecular flexibility index (Phi) is 4.05. The molecule has 3 rings (SSSR count). The average Bonchev–Trinajstić information content (AvgIpc) is 2.95. The molecule has 2 heterocycles. The molecule has 0 aliphatic rings. The predicted molar refractivity (Wildman–Crippen MR) is 77.7 cm³/mol. The second-order valence-electron chi connectivity index (χ2n) is 4.42. The van der Waals surface area contributed by atoms with Gasteiger partial charge in [-0.1, -0.05) is 28.9 Å². The lowest BCUT2D eigenvalue weighted by Crippen LogP contribution is -2.07. The van der Waals surface area contributed by atoms with Crippen LogP contribution in [0.1, 0.15) is 19.1 Å². The molecule has 23 heavy (non-hydrogen) atoms.